The van der Waals surface area contributed by atoms with Crippen molar-refractivity contribution in [1.29, 1.82) is 0 Å². The monoisotopic (exact) mass is 331 g/mol. The summed E-state index contributed by atoms with van der Waals surface area (Å²) in [6.07, 6.45) is 0.829. The van der Waals surface area contributed by atoms with E-state index in [4.69, 9.17) is 4.74 Å². The first-order valence-electron chi connectivity index (χ1n) is 6.44. The number of benzene rings is 1. The fraction of sp³-hybridized carbons (Fsp3) is 0.571. The molecule has 1 aliphatic heterocycles. The summed E-state index contributed by atoms with van der Waals surface area (Å²) in [6, 6.07) is 4.91. The molecule has 0 amide bonds. The first-order valence-corrected chi connectivity index (χ1v) is 7.23. The molecule has 0 aromatic heterocycles. The Balaban J connectivity index is 2.00. The van der Waals surface area contributed by atoms with E-state index in [1.165, 1.54) is 6.07 Å². The molecule has 0 bridgehead atoms. The zero-order chi connectivity index (χ0) is 13.9. The largest absolute Gasteiger partial charge is 0.390 e. The summed E-state index contributed by atoms with van der Waals surface area (Å²) in [5, 5.41) is 13.8. The fourth-order valence-electron chi connectivity index (χ4n) is 2.44. The van der Waals surface area contributed by atoms with Crippen molar-refractivity contribution < 1.29 is 14.2 Å². The van der Waals surface area contributed by atoms with Crippen LogP contribution in [0, 0.1) is 5.82 Å². The third-order valence-corrected chi connectivity index (χ3v) is 3.76. The second kappa shape index (κ2) is 6.31. The molecule has 0 aliphatic carbocycles. The van der Waals surface area contributed by atoms with Crippen molar-refractivity contribution in [2.75, 3.05) is 19.8 Å². The van der Waals surface area contributed by atoms with Gasteiger partial charge in [0.15, 0.2) is 0 Å². The van der Waals surface area contributed by atoms with E-state index in [1.807, 2.05) is 0 Å². The molecule has 2 rings (SSSR count). The third kappa shape index (κ3) is 4.53. The van der Waals surface area contributed by atoms with E-state index in [1.54, 1.807) is 19.1 Å². The molecule has 2 unspecified atom stereocenters. The van der Waals surface area contributed by atoms with Crippen LogP contribution in [-0.2, 0) is 11.2 Å². The van der Waals surface area contributed by atoms with Crippen molar-refractivity contribution in [2.24, 2.45) is 0 Å². The molecule has 1 fully saturated rings. The van der Waals surface area contributed by atoms with Crippen molar-refractivity contribution in [2.45, 2.75) is 31.4 Å². The normalized spacial score (nSPS) is 23.1. The van der Waals surface area contributed by atoms with Crippen LogP contribution in [-0.4, -0.2) is 36.5 Å². The summed E-state index contributed by atoms with van der Waals surface area (Å²) >= 11 is 3.32. The van der Waals surface area contributed by atoms with Gasteiger partial charge in [-0.1, -0.05) is 15.9 Å². The molecule has 106 valence electrons. The molecule has 0 radical (unpaired) electrons. The Labute approximate surface area is 121 Å². The number of morpholine rings is 1. The van der Waals surface area contributed by atoms with Gasteiger partial charge >= 0.3 is 0 Å². The SMILES string of the molecule is CC(O)(Cc1cc(Br)ccc1F)CC1COCCN1. The number of hydrogen-bond donors (Lipinski definition) is 2. The minimum Gasteiger partial charge on any atom is -0.390 e. The van der Waals surface area contributed by atoms with Crippen LogP contribution in [0.15, 0.2) is 22.7 Å². The summed E-state index contributed by atoms with van der Waals surface area (Å²) in [5.74, 6) is -0.281. The number of nitrogens with one attached hydrogen (secondary N) is 1. The topological polar surface area (TPSA) is 41.5 Å². The lowest BCUT2D eigenvalue weighted by Crippen LogP contribution is -2.46. The molecule has 2 N–H and O–H groups in total. The van der Waals surface area contributed by atoms with Gasteiger partial charge in [0, 0.05) is 23.5 Å². The number of halogens is 2. The Morgan fingerprint density at radius 1 is 1.58 bits per heavy atom. The average Bonchev–Trinajstić information content (AvgIpc) is 2.34. The molecular formula is C14H19BrFNO2. The number of ether oxygens (including phenoxy) is 1. The van der Waals surface area contributed by atoms with Gasteiger partial charge in [-0.15, -0.1) is 0 Å². The Kier molecular flexibility index (Phi) is 4.95. The minimum atomic E-state index is -0.958. The van der Waals surface area contributed by atoms with Gasteiger partial charge in [-0.3, -0.25) is 0 Å². The quantitative estimate of drug-likeness (QED) is 0.889. The number of aliphatic hydroxyl groups is 1. The number of rotatable bonds is 4. The molecule has 2 atom stereocenters. The van der Waals surface area contributed by atoms with Crippen molar-refractivity contribution in [3.8, 4) is 0 Å². The van der Waals surface area contributed by atoms with Crippen molar-refractivity contribution in [1.82, 2.24) is 5.32 Å². The maximum atomic E-state index is 13.7. The van der Waals surface area contributed by atoms with Gasteiger partial charge in [0.2, 0.25) is 0 Å². The fourth-order valence-corrected chi connectivity index (χ4v) is 2.85. The zero-order valence-corrected chi connectivity index (χ0v) is 12.5. The molecule has 1 aliphatic rings. The van der Waals surface area contributed by atoms with Crippen LogP contribution in [0.4, 0.5) is 4.39 Å². The van der Waals surface area contributed by atoms with Crippen LogP contribution >= 0.6 is 15.9 Å². The molecular weight excluding hydrogens is 313 g/mol. The smallest absolute Gasteiger partial charge is 0.126 e. The van der Waals surface area contributed by atoms with Gasteiger partial charge in [-0.05, 0) is 37.1 Å². The lowest BCUT2D eigenvalue weighted by molar-refractivity contribution is 0.00605. The van der Waals surface area contributed by atoms with E-state index in [0.717, 1.165) is 11.0 Å². The lowest BCUT2D eigenvalue weighted by Gasteiger charge is -2.31. The molecule has 1 saturated heterocycles. The molecule has 0 spiro atoms. The van der Waals surface area contributed by atoms with Gasteiger partial charge in [-0.25, -0.2) is 4.39 Å². The standard InChI is InChI=1S/C14H19BrFNO2/c1-14(18,8-12-9-19-5-4-17-12)7-10-6-11(15)2-3-13(10)16/h2-3,6,12,17-18H,4-5,7-9H2,1H3. The van der Waals surface area contributed by atoms with Crippen LogP contribution < -0.4 is 5.32 Å². The third-order valence-electron chi connectivity index (χ3n) is 3.26. The molecule has 19 heavy (non-hydrogen) atoms. The summed E-state index contributed by atoms with van der Waals surface area (Å²) in [7, 11) is 0. The summed E-state index contributed by atoms with van der Waals surface area (Å²) in [4.78, 5) is 0. The van der Waals surface area contributed by atoms with E-state index in [9.17, 15) is 9.50 Å². The zero-order valence-electron chi connectivity index (χ0n) is 11.0. The summed E-state index contributed by atoms with van der Waals surface area (Å²) in [5.41, 5.74) is -0.434. The summed E-state index contributed by atoms with van der Waals surface area (Å²) in [6.45, 7) is 3.84. The highest BCUT2D eigenvalue weighted by Crippen LogP contribution is 2.24. The van der Waals surface area contributed by atoms with Gasteiger partial charge in [0.05, 0.1) is 18.8 Å². The van der Waals surface area contributed by atoms with Crippen molar-refractivity contribution in [3.05, 3.63) is 34.1 Å². The van der Waals surface area contributed by atoms with Gasteiger partial charge in [0.25, 0.3) is 0 Å². The van der Waals surface area contributed by atoms with E-state index < -0.39 is 5.60 Å². The highest BCUT2D eigenvalue weighted by Gasteiger charge is 2.28. The average molecular weight is 332 g/mol. The molecule has 1 aromatic carbocycles. The Morgan fingerprint density at radius 3 is 3.05 bits per heavy atom. The van der Waals surface area contributed by atoms with Crippen LogP contribution in [0.2, 0.25) is 0 Å². The molecule has 0 saturated carbocycles. The van der Waals surface area contributed by atoms with Crippen molar-refractivity contribution in [3.63, 3.8) is 0 Å². The van der Waals surface area contributed by atoms with Crippen LogP contribution in [0.3, 0.4) is 0 Å². The highest BCUT2D eigenvalue weighted by molar-refractivity contribution is 9.10. The second-order valence-electron chi connectivity index (χ2n) is 5.34. The van der Waals surface area contributed by atoms with E-state index in [2.05, 4.69) is 21.2 Å². The molecule has 5 heteroatoms. The highest BCUT2D eigenvalue weighted by atomic mass is 79.9. The van der Waals surface area contributed by atoms with Gasteiger partial charge in [-0.2, -0.15) is 0 Å². The maximum Gasteiger partial charge on any atom is 0.126 e. The molecule has 1 heterocycles. The number of hydrogen-bond acceptors (Lipinski definition) is 3. The van der Waals surface area contributed by atoms with Crippen molar-refractivity contribution >= 4 is 15.9 Å². The molecule has 1 aromatic rings. The van der Waals surface area contributed by atoms with Crippen LogP contribution in [0.1, 0.15) is 18.9 Å². The first-order chi connectivity index (χ1) is 8.96. The minimum absolute atomic E-state index is 0.124. The summed E-state index contributed by atoms with van der Waals surface area (Å²) < 4.78 is 19.9. The predicted molar refractivity (Wildman–Crippen MR) is 75.7 cm³/mol. The van der Waals surface area contributed by atoms with Crippen LogP contribution in [0.5, 0.6) is 0 Å². The van der Waals surface area contributed by atoms with E-state index >= 15 is 0 Å². The van der Waals surface area contributed by atoms with Gasteiger partial charge < -0.3 is 15.2 Å². The Hall–Kier alpha value is -0.490. The van der Waals surface area contributed by atoms with Gasteiger partial charge in [0.1, 0.15) is 5.82 Å². The second-order valence-corrected chi connectivity index (χ2v) is 6.26. The van der Waals surface area contributed by atoms with E-state index in [0.29, 0.717) is 25.2 Å². The molecule has 3 nitrogen and oxygen atoms in total. The Bertz CT molecular complexity index is 433. The Morgan fingerprint density at radius 2 is 2.37 bits per heavy atom. The van der Waals surface area contributed by atoms with E-state index in [-0.39, 0.29) is 18.3 Å². The predicted octanol–water partition coefficient (Wildman–Crippen LogP) is 2.26. The lowest BCUT2D eigenvalue weighted by atomic mass is 9.89. The van der Waals surface area contributed by atoms with Crippen LogP contribution in [0.25, 0.3) is 0 Å². The maximum absolute atomic E-state index is 13.7. The first kappa shape index (κ1) is 14.9.